The predicted molar refractivity (Wildman–Crippen MR) is 49.1 cm³/mol. The van der Waals surface area contributed by atoms with E-state index in [4.69, 9.17) is 4.84 Å². The maximum atomic E-state index is 9.38. The van der Waals surface area contributed by atoms with Crippen molar-refractivity contribution in [3.05, 3.63) is 23.5 Å². The Morgan fingerprint density at radius 3 is 3.00 bits per heavy atom. The average Bonchev–Trinajstić information content (AvgIpc) is 2.11. The van der Waals surface area contributed by atoms with Crippen LogP contribution in [-0.2, 0) is 11.4 Å². The molecule has 1 aromatic rings. The molecule has 0 radical (unpaired) electrons. The van der Waals surface area contributed by atoms with Gasteiger partial charge in [0, 0.05) is 5.69 Å². The van der Waals surface area contributed by atoms with Gasteiger partial charge < -0.3 is 9.94 Å². The van der Waals surface area contributed by atoms with Gasteiger partial charge in [0.25, 0.3) is 0 Å². The maximum absolute atomic E-state index is 9.38. The lowest BCUT2D eigenvalue weighted by molar-refractivity contribution is 0.0451. The van der Waals surface area contributed by atoms with Crippen molar-refractivity contribution in [1.29, 1.82) is 0 Å². The molecule has 0 bridgehead atoms. The predicted octanol–water partition coefficient (Wildman–Crippen LogP) is 1.14. The van der Waals surface area contributed by atoms with Crippen LogP contribution in [0.3, 0.4) is 0 Å². The van der Waals surface area contributed by atoms with E-state index in [1.54, 1.807) is 12.1 Å². The number of nitrogens with one attached hydrogen (secondary N) is 1. The number of nitrogens with zero attached hydrogens (tertiary/aromatic N) is 1. The first-order valence-electron chi connectivity index (χ1n) is 4.24. The minimum atomic E-state index is 0.192. The highest BCUT2D eigenvalue weighted by Crippen LogP contribution is 2.13. The molecule has 0 aromatic carbocycles. The number of aromatic hydroxyl groups is 1. The van der Waals surface area contributed by atoms with Gasteiger partial charge >= 0.3 is 0 Å². The van der Waals surface area contributed by atoms with Gasteiger partial charge in [0.05, 0.1) is 18.8 Å². The van der Waals surface area contributed by atoms with Gasteiger partial charge in [-0.15, -0.1) is 0 Å². The highest BCUT2D eigenvalue weighted by atomic mass is 16.6. The van der Waals surface area contributed by atoms with Crippen LogP contribution >= 0.6 is 0 Å². The molecule has 4 heteroatoms. The third-order valence-corrected chi connectivity index (χ3v) is 1.58. The number of rotatable bonds is 4. The Hall–Kier alpha value is -1.13. The van der Waals surface area contributed by atoms with E-state index in [0.717, 1.165) is 5.69 Å². The lowest BCUT2D eigenvalue weighted by Gasteiger charge is -2.05. The van der Waals surface area contributed by atoms with E-state index in [2.05, 4.69) is 10.5 Å². The molecule has 0 unspecified atom stereocenters. The second-order valence-corrected chi connectivity index (χ2v) is 2.67. The van der Waals surface area contributed by atoms with Crippen molar-refractivity contribution in [2.45, 2.75) is 20.4 Å². The molecule has 0 aliphatic heterocycles. The quantitative estimate of drug-likeness (QED) is 0.541. The van der Waals surface area contributed by atoms with E-state index in [1.807, 2.05) is 13.8 Å². The number of aromatic nitrogens is 1. The zero-order valence-corrected chi connectivity index (χ0v) is 7.87. The second kappa shape index (κ2) is 4.79. The Kier molecular flexibility index (Phi) is 3.67. The summed E-state index contributed by atoms with van der Waals surface area (Å²) in [5.41, 5.74) is 4.18. The molecule has 1 heterocycles. The summed E-state index contributed by atoms with van der Waals surface area (Å²) in [5, 5.41) is 9.38. The molecule has 0 saturated heterocycles. The van der Waals surface area contributed by atoms with E-state index >= 15 is 0 Å². The van der Waals surface area contributed by atoms with Gasteiger partial charge in [0.1, 0.15) is 5.75 Å². The zero-order valence-electron chi connectivity index (χ0n) is 7.87. The standard InChI is InChI=1S/C9H14N2O2/c1-3-13-10-6-8-9(12)5-4-7(2)11-8/h4-5,10,12H,3,6H2,1-2H3. The summed E-state index contributed by atoms with van der Waals surface area (Å²) >= 11 is 0. The van der Waals surface area contributed by atoms with Gasteiger partial charge in [-0.3, -0.25) is 4.98 Å². The van der Waals surface area contributed by atoms with E-state index in [0.29, 0.717) is 18.8 Å². The molecule has 0 fully saturated rings. The Bertz CT molecular complexity index is 276. The Morgan fingerprint density at radius 1 is 1.54 bits per heavy atom. The van der Waals surface area contributed by atoms with Gasteiger partial charge in [-0.1, -0.05) is 0 Å². The number of hydrogen-bond acceptors (Lipinski definition) is 4. The van der Waals surface area contributed by atoms with Crippen molar-refractivity contribution < 1.29 is 9.94 Å². The fourth-order valence-electron chi connectivity index (χ4n) is 0.955. The molecule has 0 saturated carbocycles. The van der Waals surface area contributed by atoms with Crippen molar-refractivity contribution in [1.82, 2.24) is 10.5 Å². The third kappa shape index (κ3) is 3.01. The molecule has 13 heavy (non-hydrogen) atoms. The van der Waals surface area contributed by atoms with Crippen LogP contribution in [0, 0.1) is 6.92 Å². The van der Waals surface area contributed by atoms with Crippen molar-refractivity contribution in [2.24, 2.45) is 0 Å². The Labute approximate surface area is 77.5 Å². The van der Waals surface area contributed by atoms with Gasteiger partial charge in [0.2, 0.25) is 0 Å². The van der Waals surface area contributed by atoms with Crippen molar-refractivity contribution in [3.8, 4) is 5.75 Å². The Morgan fingerprint density at radius 2 is 2.31 bits per heavy atom. The molecular formula is C9H14N2O2. The minimum Gasteiger partial charge on any atom is -0.506 e. The van der Waals surface area contributed by atoms with Crippen LogP contribution in [0.1, 0.15) is 18.3 Å². The van der Waals surface area contributed by atoms with Gasteiger partial charge in [0.15, 0.2) is 0 Å². The highest BCUT2D eigenvalue weighted by molar-refractivity contribution is 5.27. The van der Waals surface area contributed by atoms with Crippen LogP contribution in [0.25, 0.3) is 0 Å². The van der Waals surface area contributed by atoms with Gasteiger partial charge in [-0.05, 0) is 26.0 Å². The van der Waals surface area contributed by atoms with Crippen LogP contribution in [-0.4, -0.2) is 16.7 Å². The molecule has 72 valence electrons. The third-order valence-electron chi connectivity index (χ3n) is 1.58. The smallest absolute Gasteiger partial charge is 0.138 e. The van der Waals surface area contributed by atoms with Crippen LogP contribution in [0.2, 0.25) is 0 Å². The SMILES string of the molecule is CCONCc1nc(C)ccc1O. The zero-order chi connectivity index (χ0) is 9.68. The molecule has 0 aliphatic carbocycles. The fourth-order valence-corrected chi connectivity index (χ4v) is 0.955. The summed E-state index contributed by atoms with van der Waals surface area (Å²) in [6, 6.07) is 3.39. The summed E-state index contributed by atoms with van der Waals surface area (Å²) in [6.45, 7) is 4.77. The number of aryl methyl sites for hydroxylation is 1. The van der Waals surface area contributed by atoms with E-state index < -0.39 is 0 Å². The van der Waals surface area contributed by atoms with E-state index in [-0.39, 0.29) is 5.75 Å². The topological polar surface area (TPSA) is 54.4 Å². The summed E-state index contributed by atoms with van der Waals surface area (Å²) in [5.74, 6) is 0.192. The molecule has 1 rings (SSSR count). The summed E-state index contributed by atoms with van der Waals surface area (Å²) < 4.78 is 0. The molecule has 4 nitrogen and oxygen atoms in total. The normalized spacial score (nSPS) is 10.3. The van der Waals surface area contributed by atoms with Crippen LogP contribution < -0.4 is 5.48 Å². The molecule has 0 aliphatic rings. The van der Waals surface area contributed by atoms with Crippen molar-refractivity contribution >= 4 is 0 Å². The molecule has 1 aromatic heterocycles. The largest absolute Gasteiger partial charge is 0.506 e. The number of pyridine rings is 1. The van der Waals surface area contributed by atoms with E-state index in [1.165, 1.54) is 0 Å². The molecule has 0 amide bonds. The molecule has 0 atom stereocenters. The molecule has 0 spiro atoms. The summed E-state index contributed by atoms with van der Waals surface area (Å²) in [4.78, 5) is 9.08. The minimum absolute atomic E-state index is 0.192. The maximum Gasteiger partial charge on any atom is 0.138 e. The lowest BCUT2D eigenvalue weighted by atomic mass is 10.3. The molecular weight excluding hydrogens is 168 g/mol. The van der Waals surface area contributed by atoms with Crippen molar-refractivity contribution in [2.75, 3.05) is 6.61 Å². The highest BCUT2D eigenvalue weighted by Gasteiger charge is 2.01. The summed E-state index contributed by atoms with van der Waals surface area (Å²) in [7, 11) is 0. The number of hydroxylamine groups is 1. The lowest BCUT2D eigenvalue weighted by Crippen LogP contribution is -2.14. The van der Waals surface area contributed by atoms with Crippen LogP contribution in [0.5, 0.6) is 5.75 Å². The monoisotopic (exact) mass is 182 g/mol. The molecule has 2 N–H and O–H groups in total. The average molecular weight is 182 g/mol. The first-order valence-corrected chi connectivity index (χ1v) is 4.24. The fraction of sp³-hybridized carbons (Fsp3) is 0.444. The van der Waals surface area contributed by atoms with E-state index in [9.17, 15) is 5.11 Å². The number of hydrogen-bond donors (Lipinski definition) is 2. The first kappa shape index (κ1) is 9.95. The Balaban J connectivity index is 2.59. The first-order chi connectivity index (χ1) is 6.24. The van der Waals surface area contributed by atoms with Gasteiger partial charge in [-0.25, -0.2) is 0 Å². The van der Waals surface area contributed by atoms with Crippen LogP contribution in [0.15, 0.2) is 12.1 Å². The summed E-state index contributed by atoms with van der Waals surface area (Å²) in [6.07, 6.45) is 0. The van der Waals surface area contributed by atoms with Crippen LogP contribution in [0.4, 0.5) is 0 Å². The second-order valence-electron chi connectivity index (χ2n) is 2.67. The van der Waals surface area contributed by atoms with Gasteiger partial charge in [-0.2, -0.15) is 5.48 Å². The van der Waals surface area contributed by atoms with Crippen molar-refractivity contribution in [3.63, 3.8) is 0 Å².